The summed E-state index contributed by atoms with van der Waals surface area (Å²) in [6.45, 7) is 8.82. The van der Waals surface area contributed by atoms with Crippen molar-refractivity contribution in [2.45, 2.75) is 40.0 Å². The lowest BCUT2D eigenvalue weighted by Gasteiger charge is -2.27. The largest absolute Gasteiger partial charge is 0.342 e. The van der Waals surface area contributed by atoms with Crippen molar-refractivity contribution in [3.8, 4) is 0 Å². The van der Waals surface area contributed by atoms with E-state index in [2.05, 4.69) is 20.8 Å². The molecule has 1 fully saturated rings. The summed E-state index contributed by atoms with van der Waals surface area (Å²) in [6, 6.07) is 0. The maximum atomic E-state index is 12.1. The number of hydrogen-bond acceptors (Lipinski definition) is 2. The molecule has 0 aliphatic carbocycles. The third-order valence-corrected chi connectivity index (χ3v) is 2.91. The molecule has 0 spiro atoms. The topological polar surface area (TPSA) is 46.3 Å². The molecule has 0 radical (unpaired) electrons. The Morgan fingerprint density at radius 2 is 1.87 bits per heavy atom. The van der Waals surface area contributed by atoms with E-state index < -0.39 is 0 Å². The molecule has 1 unspecified atom stereocenters. The van der Waals surface area contributed by atoms with Crippen LogP contribution in [0.2, 0.25) is 0 Å². The molecule has 1 heterocycles. The Labute approximate surface area is 93.0 Å². The van der Waals surface area contributed by atoms with Crippen molar-refractivity contribution in [2.24, 2.45) is 17.1 Å². The van der Waals surface area contributed by atoms with Gasteiger partial charge in [-0.15, -0.1) is 0 Å². The van der Waals surface area contributed by atoms with Crippen LogP contribution in [-0.4, -0.2) is 30.4 Å². The summed E-state index contributed by atoms with van der Waals surface area (Å²) in [5.41, 5.74) is 5.88. The van der Waals surface area contributed by atoms with Gasteiger partial charge in [-0.2, -0.15) is 0 Å². The summed E-state index contributed by atoms with van der Waals surface area (Å²) in [6.07, 6.45) is 3.19. The second kappa shape index (κ2) is 4.97. The Hall–Kier alpha value is -0.570. The molecule has 3 nitrogen and oxygen atoms in total. The van der Waals surface area contributed by atoms with Crippen molar-refractivity contribution < 1.29 is 4.79 Å². The first-order chi connectivity index (χ1) is 6.94. The highest BCUT2D eigenvalue weighted by molar-refractivity contribution is 5.79. The van der Waals surface area contributed by atoms with Crippen molar-refractivity contribution in [1.29, 1.82) is 0 Å². The lowest BCUT2D eigenvalue weighted by atomic mass is 9.84. The Kier molecular flexibility index (Phi) is 4.14. The first kappa shape index (κ1) is 12.5. The lowest BCUT2D eigenvalue weighted by molar-refractivity contribution is -0.135. The first-order valence-corrected chi connectivity index (χ1v) is 5.93. The van der Waals surface area contributed by atoms with Crippen LogP contribution in [0.15, 0.2) is 0 Å². The molecule has 1 saturated heterocycles. The van der Waals surface area contributed by atoms with E-state index in [0.29, 0.717) is 6.54 Å². The molecule has 3 heteroatoms. The van der Waals surface area contributed by atoms with Gasteiger partial charge in [0.1, 0.15) is 0 Å². The molecular weight excluding hydrogens is 188 g/mol. The van der Waals surface area contributed by atoms with Gasteiger partial charge in [-0.25, -0.2) is 0 Å². The predicted molar refractivity (Wildman–Crippen MR) is 62.4 cm³/mol. The van der Waals surface area contributed by atoms with Crippen molar-refractivity contribution in [1.82, 2.24) is 4.90 Å². The van der Waals surface area contributed by atoms with E-state index in [1.54, 1.807) is 0 Å². The summed E-state index contributed by atoms with van der Waals surface area (Å²) in [5, 5.41) is 0. The molecule has 1 rings (SSSR count). The Balaban J connectivity index is 2.53. The van der Waals surface area contributed by atoms with Crippen LogP contribution >= 0.6 is 0 Å². The Morgan fingerprint density at radius 1 is 1.33 bits per heavy atom. The fourth-order valence-electron chi connectivity index (χ4n) is 2.21. The highest BCUT2D eigenvalue weighted by Gasteiger charge is 2.28. The van der Waals surface area contributed by atoms with Gasteiger partial charge in [0.05, 0.1) is 5.92 Å². The van der Waals surface area contributed by atoms with Gasteiger partial charge in [0.15, 0.2) is 0 Å². The van der Waals surface area contributed by atoms with Gasteiger partial charge in [0.2, 0.25) is 5.91 Å². The van der Waals surface area contributed by atoms with Gasteiger partial charge in [-0.3, -0.25) is 4.79 Å². The third-order valence-electron chi connectivity index (χ3n) is 2.91. The zero-order chi connectivity index (χ0) is 11.5. The number of nitrogens with zero attached hydrogens (tertiary/aromatic N) is 1. The van der Waals surface area contributed by atoms with Gasteiger partial charge >= 0.3 is 0 Å². The fraction of sp³-hybridized carbons (Fsp3) is 0.917. The van der Waals surface area contributed by atoms with Crippen LogP contribution in [0.5, 0.6) is 0 Å². The number of nitrogens with two attached hydrogens (primary N) is 1. The molecule has 0 bridgehead atoms. The van der Waals surface area contributed by atoms with E-state index in [4.69, 9.17) is 5.73 Å². The summed E-state index contributed by atoms with van der Waals surface area (Å²) in [4.78, 5) is 14.1. The van der Waals surface area contributed by atoms with Crippen LogP contribution in [0.25, 0.3) is 0 Å². The maximum absolute atomic E-state index is 12.1. The molecule has 1 amide bonds. The predicted octanol–water partition coefficient (Wildman–Crippen LogP) is 1.62. The Morgan fingerprint density at radius 3 is 2.27 bits per heavy atom. The smallest absolute Gasteiger partial charge is 0.226 e. The molecule has 88 valence electrons. The molecule has 0 aromatic rings. The van der Waals surface area contributed by atoms with Crippen LogP contribution in [0, 0.1) is 11.3 Å². The second-order valence-electron chi connectivity index (χ2n) is 5.73. The van der Waals surface area contributed by atoms with Crippen LogP contribution in [-0.2, 0) is 4.79 Å². The normalized spacial score (nSPS) is 19.3. The van der Waals surface area contributed by atoms with Crippen LogP contribution in [0.1, 0.15) is 40.0 Å². The highest BCUT2D eigenvalue weighted by Crippen LogP contribution is 2.26. The fourth-order valence-corrected chi connectivity index (χ4v) is 2.21. The lowest BCUT2D eigenvalue weighted by Crippen LogP contribution is -2.39. The van der Waals surface area contributed by atoms with E-state index in [9.17, 15) is 4.79 Å². The number of carbonyl (C=O) groups is 1. The van der Waals surface area contributed by atoms with Crippen molar-refractivity contribution in [3.63, 3.8) is 0 Å². The summed E-state index contributed by atoms with van der Waals surface area (Å²) in [5.74, 6) is 0.285. The van der Waals surface area contributed by atoms with Crippen LogP contribution in [0.3, 0.4) is 0 Å². The second-order valence-corrected chi connectivity index (χ2v) is 5.73. The van der Waals surface area contributed by atoms with Crippen molar-refractivity contribution >= 4 is 5.91 Å². The minimum absolute atomic E-state index is 0.0168. The number of amides is 1. The Bertz CT molecular complexity index is 214. The minimum atomic E-state index is 0.0168. The minimum Gasteiger partial charge on any atom is -0.342 e. The zero-order valence-corrected chi connectivity index (χ0v) is 10.3. The highest BCUT2D eigenvalue weighted by atomic mass is 16.2. The summed E-state index contributed by atoms with van der Waals surface area (Å²) >= 11 is 0. The van der Waals surface area contributed by atoms with E-state index in [1.165, 1.54) is 0 Å². The SMILES string of the molecule is CC(C)(C)CC(CN)C(=O)N1CCCC1. The molecule has 1 atom stereocenters. The molecule has 1 aliphatic rings. The van der Waals surface area contributed by atoms with Gasteiger partial charge in [-0.1, -0.05) is 20.8 Å². The molecular formula is C12H24N2O. The summed E-state index contributed by atoms with van der Waals surface area (Å²) < 4.78 is 0. The summed E-state index contributed by atoms with van der Waals surface area (Å²) in [7, 11) is 0. The van der Waals surface area contributed by atoms with E-state index in [1.807, 2.05) is 4.90 Å². The third kappa shape index (κ3) is 3.82. The van der Waals surface area contributed by atoms with Gasteiger partial charge in [0, 0.05) is 19.6 Å². The number of likely N-dealkylation sites (tertiary alicyclic amines) is 1. The van der Waals surface area contributed by atoms with Gasteiger partial charge < -0.3 is 10.6 Å². The molecule has 2 N–H and O–H groups in total. The monoisotopic (exact) mass is 212 g/mol. The maximum Gasteiger partial charge on any atom is 0.226 e. The van der Waals surface area contributed by atoms with Gasteiger partial charge in [-0.05, 0) is 24.7 Å². The van der Waals surface area contributed by atoms with E-state index in [0.717, 1.165) is 32.4 Å². The average molecular weight is 212 g/mol. The average Bonchev–Trinajstić information content (AvgIpc) is 2.64. The molecule has 1 aliphatic heterocycles. The molecule has 0 aromatic heterocycles. The quantitative estimate of drug-likeness (QED) is 0.772. The number of carbonyl (C=O) groups excluding carboxylic acids is 1. The van der Waals surface area contributed by atoms with Crippen molar-refractivity contribution in [3.05, 3.63) is 0 Å². The van der Waals surface area contributed by atoms with Crippen LogP contribution < -0.4 is 5.73 Å². The van der Waals surface area contributed by atoms with E-state index >= 15 is 0 Å². The zero-order valence-electron chi connectivity index (χ0n) is 10.3. The van der Waals surface area contributed by atoms with Crippen LogP contribution in [0.4, 0.5) is 0 Å². The van der Waals surface area contributed by atoms with Crippen molar-refractivity contribution in [2.75, 3.05) is 19.6 Å². The first-order valence-electron chi connectivity index (χ1n) is 5.93. The molecule has 0 aromatic carbocycles. The standard InChI is InChI=1S/C12H24N2O/c1-12(2,3)8-10(9-13)11(15)14-6-4-5-7-14/h10H,4-9,13H2,1-3H3. The number of hydrogen-bond donors (Lipinski definition) is 1. The molecule has 0 saturated carbocycles. The van der Waals surface area contributed by atoms with E-state index in [-0.39, 0.29) is 17.2 Å². The molecule has 15 heavy (non-hydrogen) atoms. The number of rotatable bonds is 3. The van der Waals surface area contributed by atoms with Gasteiger partial charge in [0.25, 0.3) is 0 Å².